The van der Waals surface area contributed by atoms with Crippen molar-refractivity contribution in [1.29, 1.82) is 5.26 Å². The number of nitro benzene ring substituents is 1. The first kappa shape index (κ1) is 21.8. The molecule has 0 spiro atoms. The third-order valence-electron chi connectivity index (χ3n) is 4.66. The smallest absolute Gasteiger partial charge is 0.378 e. The van der Waals surface area contributed by atoms with E-state index in [1.165, 1.54) is 42.0 Å². The van der Waals surface area contributed by atoms with Crippen molar-refractivity contribution in [1.82, 2.24) is 4.57 Å². The number of carbonyl (C=O) groups excluding carboxylic acids is 1. The maximum Gasteiger partial charge on any atom is 0.417 e. The normalized spacial score (nSPS) is 13.4. The van der Waals surface area contributed by atoms with Crippen LogP contribution >= 0.6 is 0 Å². The minimum atomic E-state index is -4.80. The minimum absolute atomic E-state index is 0.141. The Kier molecular flexibility index (Phi) is 5.43. The van der Waals surface area contributed by atoms with Gasteiger partial charge in [-0.05, 0) is 37.3 Å². The minimum Gasteiger partial charge on any atom is -0.378 e. The fraction of sp³-hybridized carbons (Fsp3) is 0.200. The highest BCUT2D eigenvalue weighted by atomic mass is 19.4. The number of nitrogens with one attached hydrogen (secondary N) is 1. The SMILES string of the molecule is C[C@](O)(Cn1ccc2c([N+](=O)[O-])cccc21)C(=O)Nc1ccc(C#N)c(C(F)(F)F)c1. The van der Waals surface area contributed by atoms with Gasteiger partial charge in [0.05, 0.1) is 39.6 Å². The molecule has 0 saturated heterocycles. The van der Waals surface area contributed by atoms with Gasteiger partial charge in [0, 0.05) is 18.0 Å². The van der Waals surface area contributed by atoms with Crippen LogP contribution in [0.3, 0.4) is 0 Å². The number of hydrogen-bond donors (Lipinski definition) is 2. The van der Waals surface area contributed by atoms with Crippen LogP contribution in [0.5, 0.6) is 0 Å². The second kappa shape index (κ2) is 7.73. The highest BCUT2D eigenvalue weighted by Gasteiger charge is 2.35. The molecule has 0 aliphatic rings. The average Bonchev–Trinajstić information content (AvgIpc) is 3.09. The van der Waals surface area contributed by atoms with Crippen molar-refractivity contribution in [3.63, 3.8) is 0 Å². The van der Waals surface area contributed by atoms with Crippen LogP contribution in [0.4, 0.5) is 24.5 Å². The van der Waals surface area contributed by atoms with E-state index < -0.39 is 33.7 Å². The second-order valence-electron chi connectivity index (χ2n) is 7.01. The van der Waals surface area contributed by atoms with Gasteiger partial charge in [0.2, 0.25) is 0 Å². The van der Waals surface area contributed by atoms with E-state index >= 15 is 0 Å². The Morgan fingerprint density at radius 1 is 1.29 bits per heavy atom. The quantitative estimate of drug-likeness (QED) is 0.469. The van der Waals surface area contributed by atoms with Gasteiger partial charge < -0.3 is 15.0 Å². The third-order valence-corrected chi connectivity index (χ3v) is 4.66. The van der Waals surface area contributed by atoms with Crippen molar-refractivity contribution in [2.45, 2.75) is 25.2 Å². The van der Waals surface area contributed by atoms with E-state index in [9.17, 15) is 33.2 Å². The molecular formula is C20H15F3N4O4. The molecule has 0 unspecified atom stereocenters. The Morgan fingerprint density at radius 2 is 2.00 bits per heavy atom. The molecule has 0 aliphatic carbocycles. The predicted octanol–water partition coefficient (Wildman–Crippen LogP) is 3.83. The molecule has 2 aromatic carbocycles. The molecule has 160 valence electrons. The number of amides is 1. The van der Waals surface area contributed by atoms with Gasteiger partial charge in [0.15, 0.2) is 5.60 Å². The van der Waals surface area contributed by atoms with Crippen LogP contribution in [-0.2, 0) is 17.5 Å². The fourth-order valence-corrected chi connectivity index (χ4v) is 3.13. The number of aliphatic hydroxyl groups is 1. The van der Waals surface area contributed by atoms with Crippen LogP contribution in [0.15, 0.2) is 48.7 Å². The summed E-state index contributed by atoms with van der Waals surface area (Å²) >= 11 is 0. The number of nitriles is 1. The summed E-state index contributed by atoms with van der Waals surface area (Å²) < 4.78 is 40.8. The van der Waals surface area contributed by atoms with E-state index in [1.807, 2.05) is 0 Å². The maximum absolute atomic E-state index is 13.1. The van der Waals surface area contributed by atoms with Gasteiger partial charge in [-0.15, -0.1) is 0 Å². The molecule has 3 rings (SSSR count). The number of carbonyl (C=O) groups is 1. The topological polar surface area (TPSA) is 121 Å². The molecule has 1 heterocycles. The molecule has 0 saturated carbocycles. The molecular weight excluding hydrogens is 417 g/mol. The highest BCUT2D eigenvalue weighted by Crippen LogP contribution is 2.34. The van der Waals surface area contributed by atoms with Crippen molar-refractivity contribution in [3.8, 4) is 6.07 Å². The van der Waals surface area contributed by atoms with Gasteiger partial charge >= 0.3 is 6.18 Å². The van der Waals surface area contributed by atoms with Crippen molar-refractivity contribution < 1.29 is 28.0 Å². The molecule has 0 radical (unpaired) electrons. The molecule has 11 heteroatoms. The molecule has 1 aromatic heterocycles. The highest BCUT2D eigenvalue weighted by molar-refractivity contribution is 5.97. The van der Waals surface area contributed by atoms with Gasteiger partial charge in [-0.3, -0.25) is 14.9 Å². The monoisotopic (exact) mass is 432 g/mol. The number of nitrogens with zero attached hydrogens (tertiary/aromatic N) is 3. The predicted molar refractivity (Wildman–Crippen MR) is 104 cm³/mol. The number of fused-ring (bicyclic) bond motifs is 1. The van der Waals surface area contributed by atoms with Crippen LogP contribution in [0, 0.1) is 21.4 Å². The standard InChI is InChI=1S/C20H15F3N4O4/c1-19(29,11-26-8-7-14-16(26)3-2-4-17(14)27(30)31)18(28)25-13-6-5-12(10-24)15(9-13)20(21,22)23/h2-9,29H,11H2,1H3,(H,25,28)/t19-/m0/s1. The average molecular weight is 432 g/mol. The number of benzene rings is 2. The number of rotatable bonds is 5. The second-order valence-corrected chi connectivity index (χ2v) is 7.01. The third kappa shape index (κ3) is 4.34. The number of aromatic nitrogens is 1. The van der Waals surface area contributed by atoms with E-state index in [1.54, 1.807) is 6.07 Å². The maximum atomic E-state index is 13.1. The summed E-state index contributed by atoms with van der Waals surface area (Å²) in [6, 6.07) is 9.92. The summed E-state index contributed by atoms with van der Waals surface area (Å²) in [5.41, 5.74) is -3.86. The molecule has 0 bridgehead atoms. The largest absolute Gasteiger partial charge is 0.417 e. The van der Waals surface area contributed by atoms with Crippen LogP contribution in [0.2, 0.25) is 0 Å². The summed E-state index contributed by atoms with van der Waals surface area (Å²) in [5.74, 6) is -0.988. The van der Waals surface area contributed by atoms with Crippen molar-refractivity contribution in [3.05, 3.63) is 69.9 Å². The van der Waals surface area contributed by atoms with E-state index in [0.29, 0.717) is 17.0 Å². The molecule has 0 fully saturated rings. The number of hydrogen-bond acceptors (Lipinski definition) is 5. The Morgan fingerprint density at radius 3 is 2.61 bits per heavy atom. The lowest BCUT2D eigenvalue weighted by molar-refractivity contribution is -0.383. The summed E-state index contributed by atoms with van der Waals surface area (Å²) in [6.45, 7) is 0.853. The molecule has 0 aliphatic heterocycles. The van der Waals surface area contributed by atoms with Crippen molar-refractivity contribution in [2.75, 3.05) is 5.32 Å². The van der Waals surface area contributed by atoms with Crippen LogP contribution in [-0.4, -0.2) is 26.1 Å². The van der Waals surface area contributed by atoms with Crippen molar-refractivity contribution >= 4 is 28.2 Å². The Balaban J connectivity index is 1.86. The lowest BCUT2D eigenvalue weighted by Gasteiger charge is -2.24. The van der Waals surface area contributed by atoms with Crippen LogP contribution < -0.4 is 5.32 Å². The Bertz CT molecular complexity index is 1230. The summed E-state index contributed by atoms with van der Waals surface area (Å²) in [5, 5.41) is 33.2. The molecule has 1 atom stereocenters. The summed E-state index contributed by atoms with van der Waals surface area (Å²) in [4.78, 5) is 23.2. The van der Waals surface area contributed by atoms with Gasteiger partial charge in [-0.25, -0.2) is 0 Å². The van der Waals surface area contributed by atoms with E-state index in [4.69, 9.17) is 5.26 Å². The molecule has 8 nitrogen and oxygen atoms in total. The number of anilines is 1. The fourth-order valence-electron chi connectivity index (χ4n) is 3.13. The summed E-state index contributed by atoms with van der Waals surface area (Å²) in [7, 11) is 0. The van der Waals surface area contributed by atoms with Crippen molar-refractivity contribution in [2.24, 2.45) is 0 Å². The Labute approximate surface area is 173 Å². The number of halogens is 3. The first-order chi connectivity index (χ1) is 14.4. The molecule has 3 aromatic rings. The zero-order chi connectivity index (χ0) is 23.0. The van der Waals surface area contributed by atoms with Gasteiger partial charge in [0.1, 0.15) is 0 Å². The van der Waals surface area contributed by atoms with Gasteiger partial charge in [0.25, 0.3) is 11.6 Å². The first-order valence-electron chi connectivity index (χ1n) is 8.81. The van der Waals surface area contributed by atoms with Gasteiger partial charge in [-0.1, -0.05) is 6.07 Å². The van der Waals surface area contributed by atoms with E-state index in [-0.39, 0.29) is 17.9 Å². The summed E-state index contributed by atoms with van der Waals surface area (Å²) in [6.07, 6.45) is -3.34. The zero-order valence-corrected chi connectivity index (χ0v) is 16.0. The zero-order valence-electron chi connectivity index (χ0n) is 16.0. The molecule has 1 amide bonds. The number of nitro groups is 1. The number of alkyl halides is 3. The Hall–Kier alpha value is -3.91. The lowest BCUT2D eigenvalue weighted by Crippen LogP contribution is -2.43. The van der Waals surface area contributed by atoms with E-state index in [2.05, 4.69) is 5.32 Å². The van der Waals surface area contributed by atoms with Gasteiger partial charge in [-0.2, -0.15) is 18.4 Å². The lowest BCUT2D eigenvalue weighted by atomic mass is 10.0. The van der Waals surface area contributed by atoms with E-state index in [0.717, 1.165) is 12.1 Å². The first-order valence-corrected chi connectivity index (χ1v) is 8.81. The van der Waals surface area contributed by atoms with Crippen LogP contribution in [0.1, 0.15) is 18.1 Å². The number of non-ortho nitro benzene ring substituents is 1. The van der Waals surface area contributed by atoms with Crippen LogP contribution in [0.25, 0.3) is 10.9 Å². The molecule has 31 heavy (non-hydrogen) atoms. The molecule has 2 N–H and O–H groups in total.